The molecule has 282 valence electrons. The van der Waals surface area contributed by atoms with Gasteiger partial charge in [-0.2, -0.15) is 0 Å². The van der Waals surface area contributed by atoms with Gasteiger partial charge < -0.3 is 14.2 Å². The second kappa shape index (κ2) is 38.2. The monoisotopic (exact) mass is 687 g/mol. The van der Waals surface area contributed by atoms with Crippen LogP contribution in [-0.4, -0.2) is 37.2 Å². The van der Waals surface area contributed by atoms with Crippen molar-refractivity contribution in [3.8, 4) is 0 Å². The van der Waals surface area contributed by atoms with Crippen molar-refractivity contribution in [2.75, 3.05) is 13.2 Å². The first-order valence-electron chi connectivity index (χ1n) is 20.1. The van der Waals surface area contributed by atoms with E-state index in [-0.39, 0.29) is 31.1 Å². The number of esters is 3. The van der Waals surface area contributed by atoms with Crippen molar-refractivity contribution in [3.63, 3.8) is 0 Å². The Hall–Kier alpha value is -2.63. The third kappa shape index (κ3) is 36.5. The summed E-state index contributed by atoms with van der Waals surface area (Å²) in [6.07, 6.45) is 42.5. The smallest absolute Gasteiger partial charge is 0.306 e. The lowest BCUT2D eigenvalue weighted by Gasteiger charge is -2.18. The third-order valence-corrected chi connectivity index (χ3v) is 8.33. The Morgan fingerprint density at radius 2 is 0.796 bits per heavy atom. The van der Waals surface area contributed by atoms with E-state index in [0.717, 1.165) is 103 Å². The Balaban J connectivity index is 4.42. The number of ether oxygens (including phenoxy) is 3. The first kappa shape index (κ1) is 46.4. The summed E-state index contributed by atoms with van der Waals surface area (Å²) < 4.78 is 16.5. The van der Waals surface area contributed by atoms with E-state index in [2.05, 4.69) is 69.4 Å². The topological polar surface area (TPSA) is 78.9 Å². The van der Waals surface area contributed by atoms with Crippen molar-refractivity contribution >= 4 is 17.9 Å². The SMILES string of the molecule is CC/C=C\C/C=C\CCCCCCCC(=O)OCC(COC(=O)CCCC/C=C\C/C=C\CC)OC(=O)CCCCCCCCCCCC. The second-order valence-corrected chi connectivity index (χ2v) is 13.1. The predicted octanol–water partition coefficient (Wildman–Crippen LogP) is 12.4. The Bertz CT molecular complexity index is 887. The quantitative estimate of drug-likeness (QED) is 0.0286. The van der Waals surface area contributed by atoms with Crippen molar-refractivity contribution in [3.05, 3.63) is 48.6 Å². The van der Waals surface area contributed by atoms with Crippen LogP contribution in [-0.2, 0) is 28.6 Å². The molecule has 0 aliphatic rings. The van der Waals surface area contributed by atoms with Crippen molar-refractivity contribution in [2.24, 2.45) is 0 Å². The number of unbranched alkanes of at least 4 members (excludes halogenated alkanes) is 16. The van der Waals surface area contributed by atoms with Crippen molar-refractivity contribution in [2.45, 2.75) is 194 Å². The molecule has 0 aromatic carbocycles. The van der Waals surface area contributed by atoms with Crippen LogP contribution in [0.15, 0.2) is 48.6 Å². The van der Waals surface area contributed by atoms with Crippen LogP contribution in [0.25, 0.3) is 0 Å². The van der Waals surface area contributed by atoms with E-state index in [0.29, 0.717) is 19.3 Å². The van der Waals surface area contributed by atoms with Crippen LogP contribution < -0.4 is 0 Å². The van der Waals surface area contributed by atoms with Gasteiger partial charge in [0.1, 0.15) is 13.2 Å². The molecule has 0 saturated heterocycles. The first-order valence-corrected chi connectivity index (χ1v) is 20.1. The maximum atomic E-state index is 12.6. The molecule has 0 aromatic rings. The number of hydrogen-bond acceptors (Lipinski definition) is 6. The number of allylic oxidation sites excluding steroid dienone is 8. The molecule has 0 aliphatic heterocycles. The molecule has 0 fully saturated rings. The van der Waals surface area contributed by atoms with Gasteiger partial charge in [-0.1, -0.05) is 146 Å². The molecule has 1 unspecified atom stereocenters. The minimum absolute atomic E-state index is 0.0903. The minimum atomic E-state index is -0.784. The van der Waals surface area contributed by atoms with Gasteiger partial charge in [0.05, 0.1) is 0 Å². The Labute approximate surface area is 301 Å². The van der Waals surface area contributed by atoms with E-state index in [1.54, 1.807) is 0 Å². The highest BCUT2D eigenvalue weighted by Crippen LogP contribution is 2.13. The summed E-state index contributed by atoms with van der Waals surface area (Å²) >= 11 is 0. The number of rotatable bonds is 35. The van der Waals surface area contributed by atoms with E-state index < -0.39 is 6.10 Å². The van der Waals surface area contributed by atoms with Crippen LogP contribution in [0, 0.1) is 0 Å². The van der Waals surface area contributed by atoms with Crippen molar-refractivity contribution in [1.82, 2.24) is 0 Å². The van der Waals surface area contributed by atoms with E-state index >= 15 is 0 Å². The van der Waals surface area contributed by atoms with Gasteiger partial charge in [-0.3, -0.25) is 14.4 Å². The number of hydrogen-bond donors (Lipinski definition) is 0. The summed E-state index contributed by atoms with van der Waals surface area (Å²) in [5.74, 6) is -0.950. The molecule has 0 spiro atoms. The lowest BCUT2D eigenvalue weighted by molar-refractivity contribution is -0.167. The van der Waals surface area contributed by atoms with Gasteiger partial charge in [0, 0.05) is 19.3 Å². The maximum Gasteiger partial charge on any atom is 0.306 e. The standard InChI is InChI=1S/C43H74O6/c1-4-7-10-13-16-19-21-22-25-27-30-33-36-42(45)48-39-40(38-47-41(44)35-32-29-26-23-18-15-12-9-6-3)49-43(46)37-34-31-28-24-20-17-14-11-8-5-2/h7,9-10,12,16,18-19,23,40H,4-6,8,11,13-15,17,20-22,24-39H2,1-3H3/b10-7-,12-9-,19-16-,23-18-. The Morgan fingerprint density at radius 1 is 0.429 bits per heavy atom. The fourth-order valence-electron chi connectivity index (χ4n) is 5.34. The summed E-state index contributed by atoms with van der Waals surface area (Å²) in [7, 11) is 0. The summed E-state index contributed by atoms with van der Waals surface area (Å²) in [4.78, 5) is 37.4. The van der Waals surface area contributed by atoms with E-state index in [1.165, 1.54) is 44.9 Å². The van der Waals surface area contributed by atoms with Crippen molar-refractivity contribution < 1.29 is 28.6 Å². The molecule has 0 saturated carbocycles. The highest BCUT2D eigenvalue weighted by Gasteiger charge is 2.19. The maximum absolute atomic E-state index is 12.6. The van der Waals surface area contributed by atoms with Gasteiger partial charge in [-0.05, 0) is 70.6 Å². The molecule has 0 aliphatic carbocycles. The fraction of sp³-hybridized carbons (Fsp3) is 0.744. The number of carbonyl (C=O) groups excluding carboxylic acids is 3. The molecule has 0 N–H and O–H groups in total. The molecule has 0 amide bonds. The largest absolute Gasteiger partial charge is 0.462 e. The summed E-state index contributed by atoms with van der Waals surface area (Å²) in [6.45, 7) is 6.32. The summed E-state index contributed by atoms with van der Waals surface area (Å²) in [5, 5.41) is 0. The molecule has 0 bridgehead atoms. The van der Waals surface area contributed by atoms with Gasteiger partial charge in [0.15, 0.2) is 6.10 Å². The van der Waals surface area contributed by atoms with Crippen LogP contribution >= 0.6 is 0 Å². The third-order valence-electron chi connectivity index (χ3n) is 8.33. The van der Waals surface area contributed by atoms with E-state index in [9.17, 15) is 14.4 Å². The molecule has 6 heteroatoms. The van der Waals surface area contributed by atoms with Crippen LogP contribution in [0.4, 0.5) is 0 Å². The van der Waals surface area contributed by atoms with E-state index in [1.807, 2.05) is 0 Å². The molecule has 1 atom stereocenters. The molecule has 0 heterocycles. The first-order chi connectivity index (χ1) is 24.0. The molecule has 0 rings (SSSR count). The molecule has 0 aromatic heterocycles. The zero-order valence-electron chi connectivity index (χ0n) is 31.9. The molecular formula is C43H74O6. The summed E-state index contributed by atoms with van der Waals surface area (Å²) in [5.41, 5.74) is 0. The molecule has 0 radical (unpaired) electrons. The zero-order chi connectivity index (χ0) is 35.9. The molecule has 6 nitrogen and oxygen atoms in total. The normalized spacial score (nSPS) is 12.5. The minimum Gasteiger partial charge on any atom is -0.462 e. The average Bonchev–Trinajstić information content (AvgIpc) is 3.10. The average molecular weight is 687 g/mol. The lowest BCUT2D eigenvalue weighted by atomic mass is 10.1. The van der Waals surface area contributed by atoms with Gasteiger partial charge in [0.25, 0.3) is 0 Å². The molecule has 49 heavy (non-hydrogen) atoms. The van der Waals surface area contributed by atoms with Crippen molar-refractivity contribution in [1.29, 1.82) is 0 Å². The van der Waals surface area contributed by atoms with Gasteiger partial charge in [0.2, 0.25) is 0 Å². The molecular weight excluding hydrogens is 612 g/mol. The second-order valence-electron chi connectivity index (χ2n) is 13.1. The van der Waals surface area contributed by atoms with Gasteiger partial charge >= 0.3 is 17.9 Å². The Morgan fingerprint density at radius 3 is 1.27 bits per heavy atom. The lowest BCUT2D eigenvalue weighted by Crippen LogP contribution is -2.30. The predicted molar refractivity (Wildman–Crippen MR) is 205 cm³/mol. The zero-order valence-corrected chi connectivity index (χ0v) is 31.9. The van der Waals surface area contributed by atoms with Crippen LogP contribution in [0.3, 0.4) is 0 Å². The number of carbonyl (C=O) groups is 3. The highest BCUT2D eigenvalue weighted by atomic mass is 16.6. The Kier molecular flexibility index (Phi) is 36.1. The highest BCUT2D eigenvalue weighted by molar-refractivity contribution is 5.71. The van der Waals surface area contributed by atoms with E-state index in [4.69, 9.17) is 14.2 Å². The van der Waals surface area contributed by atoms with Crippen LogP contribution in [0.1, 0.15) is 188 Å². The van der Waals surface area contributed by atoms with Crippen LogP contribution in [0.2, 0.25) is 0 Å². The van der Waals surface area contributed by atoms with Crippen LogP contribution in [0.5, 0.6) is 0 Å². The van der Waals surface area contributed by atoms with Gasteiger partial charge in [-0.15, -0.1) is 0 Å². The fourth-order valence-corrected chi connectivity index (χ4v) is 5.34. The summed E-state index contributed by atoms with van der Waals surface area (Å²) in [6, 6.07) is 0. The van der Waals surface area contributed by atoms with Gasteiger partial charge in [-0.25, -0.2) is 0 Å².